The first kappa shape index (κ1) is 17.6. The molecule has 3 aromatic carbocycles. The van der Waals surface area contributed by atoms with Crippen LogP contribution in [0, 0.1) is 0 Å². The van der Waals surface area contributed by atoms with E-state index in [4.69, 9.17) is 0 Å². The van der Waals surface area contributed by atoms with Crippen LogP contribution in [-0.2, 0) is 11.2 Å². The Morgan fingerprint density at radius 3 is 2.39 bits per heavy atom. The van der Waals surface area contributed by atoms with E-state index < -0.39 is 0 Å². The van der Waals surface area contributed by atoms with Crippen LogP contribution in [0.5, 0.6) is 0 Å². The zero-order chi connectivity index (χ0) is 19.2. The number of benzene rings is 3. The minimum atomic E-state index is -0.159. The van der Waals surface area contributed by atoms with Crippen LogP contribution < -0.4 is 5.43 Å². The molecule has 0 atom stereocenters. The van der Waals surface area contributed by atoms with Crippen molar-refractivity contribution < 1.29 is 4.79 Å². The average Bonchev–Trinajstić information content (AvgIpc) is 2.76. The monoisotopic (exact) mass is 365 g/mol. The van der Waals surface area contributed by atoms with Gasteiger partial charge in [-0.25, -0.2) is 5.43 Å². The maximum absolute atomic E-state index is 12.6. The number of fused-ring (bicyclic) bond motifs is 1. The molecule has 136 valence electrons. The molecule has 0 radical (unpaired) electrons. The van der Waals surface area contributed by atoms with Gasteiger partial charge in [0.25, 0.3) is 0 Å². The fourth-order valence-corrected chi connectivity index (χ4v) is 3.17. The maximum Gasteiger partial charge on any atom is 0.244 e. The number of aromatic nitrogens is 1. The van der Waals surface area contributed by atoms with Crippen molar-refractivity contribution in [2.45, 2.75) is 6.42 Å². The second kappa shape index (κ2) is 8.27. The highest BCUT2D eigenvalue weighted by molar-refractivity contribution is 6.13. The Bertz CT molecular complexity index is 1080. The lowest BCUT2D eigenvalue weighted by atomic mass is 10.0. The van der Waals surface area contributed by atoms with Crippen LogP contribution in [0.25, 0.3) is 10.8 Å². The van der Waals surface area contributed by atoms with E-state index in [0.29, 0.717) is 5.71 Å². The summed E-state index contributed by atoms with van der Waals surface area (Å²) in [6, 6.07) is 27.6. The summed E-state index contributed by atoms with van der Waals surface area (Å²) in [4.78, 5) is 16.8. The summed E-state index contributed by atoms with van der Waals surface area (Å²) in [7, 11) is 0. The first-order valence-corrected chi connectivity index (χ1v) is 9.10. The van der Waals surface area contributed by atoms with Gasteiger partial charge in [0, 0.05) is 23.5 Å². The predicted molar refractivity (Wildman–Crippen MR) is 112 cm³/mol. The molecular weight excluding hydrogens is 346 g/mol. The third-order valence-electron chi connectivity index (χ3n) is 4.51. The lowest BCUT2D eigenvalue weighted by molar-refractivity contribution is -0.120. The number of pyridine rings is 1. The van der Waals surface area contributed by atoms with Crippen molar-refractivity contribution in [3.05, 3.63) is 114 Å². The molecule has 4 aromatic rings. The van der Waals surface area contributed by atoms with Gasteiger partial charge >= 0.3 is 0 Å². The Morgan fingerprint density at radius 2 is 1.57 bits per heavy atom. The number of nitrogens with zero attached hydrogens (tertiary/aromatic N) is 2. The first-order valence-electron chi connectivity index (χ1n) is 9.10. The molecule has 0 unspecified atom stereocenters. The van der Waals surface area contributed by atoms with Crippen molar-refractivity contribution in [1.29, 1.82) is 0 Å². The second-order valence-electron chi connectivity index (χ2n) is 6.42. The molecule has 0 spiro atoms. The Morgan fingerprint density at radius 1 is 0.821 bits per heavy atom. The molecule has 0 aliphatic carbocycles. The number of hydrogen-bond acceptors (Lipinski definition) is 3. The van der Waals surface area contributed by atoms with Gasteiger partial charge in [-0.05, 0) is 28.5 Å². The van der Waals surface area contributed by atoms with Gasteiger partial charge in [0.1, 0.15) is 0 Å². The summed E-state index contributed by atoms with van der Waals surface area (Å²) in [5.41, 5.74) is 6.14. The summed E-state index contributed by atoms with van der Waals surface area (Å²) in [5, 5.41) is 6.62. The summed E-state index contributed by atoms with van der Waals surface area (Å²) in [6.45, 7) is 0. The number of carbonyl (C=O) groups excluding carboxylic acids is 1. The van der Waals surface area contributed by atoms with Crippen LogP contribution in [-0.4, -0.2) is 16.6 Å². The first-order chi connectivity index (χ1) is 13.8. The molecule has 0 bridgehead atoms. The number of amides is 1. The molecule has 1 N–H and O–H groups in total. The zero-order valence-electron chi connectivity index (χ0n) is 15.2. The molecule has 1 heterocycles. The summed E-state index contributed by atoms with van der Waals surface area (Å²) < 4.78 is 0. The Hall–Kier alpha value is -3.79. The van der Waals surface area contributed by atoms with Crippen LogP contribution >= 0.6 is 0 Å². The van der Waals surface area contributed by atoms with E-state index in [2.05, 4.69) is 15.5 Å². The van der Waals surface area contributed by atoms with Gasteiger partial charge in [-0.15, -0.1) is 0 Å². The van der Waals surface area contributed by atoms with Crippen molar-refractivity contribution in [2.75, 3.05) is 0 Å². The molecule has 4 rings (SSSR count). The molecule has 0 saturated carbocycles. The smallest absolute Gasteiger partial charge is 0.244 e. The average molecular weight is 365 g/mol. The quantitative estimate of drug-likeness (QED) is 0.422. The van der Waals surface area contributed by atoms with E-state index in [1.54, 1.807) is 12.4 Å². The van der Waals surface area contributed by atoms with Gasteiger partial charge in [-0.1, -0.05) is 72.8 Å². The Balaban J connectivity index is 1.59. The number of rotatable bonds is 5. The number of nitrogens with one attached hydrogen (secondary N) is 1. The summed E-state index contributed by atoms with van der Waals surface area (Å²) in [6.07, 6.45) is 3.72. The molecule has 28 heavy (non-hydrogen) atoms. The minimum Gasteiger partial charge on any atom is -0.273 e. The van der Waals surface area contributed by atoms with Crippen molar-refractivity contribution in [3.63, 3.8) is 0 Å². The molecule has 4 heteroatoms. The molecule has 0 aliphatic heterocycles. The fraction of sp³-hybridized carbons (Fsp3) is 0.0417. The van der Waals surface area contributed by atoms with Gasteiger partial charge in [-0.3, -0.25) is 9.78 Å². The number of hydrazone groups is 1. The van der Waals surface area contributed by atoms with E-state index in [1.807, 2.05) is 84.9 Å². The van der Waals surface area contributed by atoms with Crippen molar-refractivity contribution in [1.82, 2.24) is 10.4 Å². The molecule has 1 amide bonds. The van der Waals surface area contributed by atoms with Gasteiger partial charge < -0.3 is 0 Å². The predicted octanol–water partition coefficient (Wildman–Crippen LogP) is 4.35. The fourth-order valence-electron chi connectivity index (χ4n) is 3.17. The topological polar surface area (TPSA) is 54.4 Å². The Labute approximate surface area is 163 Å². The normalized spacial score (nSPS) is 11.4. The SMILES string of the molecule is O=C(Cc1cccc2ccccc12)N/N=C(\c1ccccc1)c1cccnc1. The maximum atomic E-state index is 12.6. The van der Waals surface area contributed by atoms with Gasteiger partial charge in [0.05, 0.1) is 12.1 Å². The van der Waals surface area contributed by atoms with Crippen LogP contribution in [0.4, 0.5) is 0 Å². The van der Waals surface area contributed by atoms with Crippen molar-refractivity contribution in [3.8, 4) is 0 Å². The van der Waals surface area contributed by atoms with E-state index >= 15 is 0 Å². The highest BCUT2D eigenvalue weighted by Crippen LogP contribution is 2.19. The van der Waals surface area contributed by atoms with Crippen LogP contribution in [0.2, 0.25) is 0 Å². The third-order valence-corrected chi connectivity index (χ3v) is 4.51. The standard InChI is InChI=1S/C24H19N3O/c28-23(16-20-12-6-11-18-8-4-5-14-22(18)20)26-27-24(19-9-2-1-3-10-19)21-13-7-15-25-17-21/h1-15,17H,16H2,(H,26,28)/b27-24+. The van der Waals surface area contributed by atoms with E-state index in [0.717, 1.165) is 27.5 Å². The van der Waals surface area contributed by atoms with E-state index in [9.17, 15) is 4.79 Å². The van der Waals surface area contributed by atoms with Crippen LogP contribution in [0.3, 0.4) is 0 Å². The molecule has 0 aliphatic rings. The third kappa shape index (κ3) is 3.96. The molecule has 0 fully saturated rings. The molecule has 1 aromatic heterocycles. The molecule has 4 nitrogen and oxygen atoms in total. The number of carbonyl (C=O) groups is 1. The molecular formula is C24H19N3O. The lowest BCUT2D eigenvalue weighted by Crippen LogP contribution is -2.22. The van der Waals surface area contributed by atoms with Crippen molar-refractivity contribution >= 4 is 22.4 Å². The largest absolute Gasteiger partial charge is 0.273 e. The van der Waals surface area contributed by atoms with Crippen LogP contribution in [0.15, 0.2) is 102 Å². The number of hydrogen-bond donors (Lipinski definition) is 1. The lowest BCUT2D eigenvalue weighted by Gasteiger charge is -2.09. The highest BCUT2D eigenvalue weighted by Gasteiger charge is 2.10. The van der Waals surface area contributed by atoms with Gasteiger partial charge in [0.2, 0.25) is 5.91 Å². The van der Waals surface area contributed by atoms with Gasteiger partial charge in [-0.2, -0.15) is 5.10 Å². The van der Waals surface area contributed by atoms with E-state index in [1.165, 1.54) is 0 Å². The summed E-state index contributed by atoms with van der Waals surface area (Å²) >= 11 is 0. The second-order valence-corrected chi connectivity index (χ2v) is 6.42. The van der Waals surface area contributed by atoms with Gasteiger partial charge in [0.15, 0.2) is 0 Å². The summed E-state index contributed by atoms with van der Waals surface area (Å²) in [5.74, 6) is -0.159. The highest BCUT2D eigenvalue weighted by atomic mass is 16.2. The zero-order valence-corrected chi connectivity index (χ0v) is 15.2. The Kier molecular flexibility index (Phi) is 5.20. The molecule has 0 saturated heterocycles. The minimum absolute atomic E-state index is 0.159. The van der Waals surface area contributed by atoms with Crippen LogP contribution in [0.1, 0.15) is 16.7 Å². The van der Waals surface area contributed by atoms with E-state index in [-0.39, 0.29) is 12.3 Å². The van der Waals surface area contributed by atoms with Crippen molar-refractivity contribution in [2.24, 2.45) is 5.10 Å².